The van der Waals surface area contributed by atoms with E-state index in [2.05, 4.69) is 0 Å². The average Bonchev–Trinajstić information content (AvgIpc) is 2.89. The van der Waals surface area contributed by atoms with E-state index in [0.29, 0.717) is 29.8 Å². The van der Waals surface area contributed by atoms with Crippen molar-refractivity contribution in [2.75, 3.05) is 10.6 Å². The van der Waals surface area contributed by atoms with Crippen molar-refractivity contribution in [3.63, 3.8) is 0 Å². The number of rotatable bonds is 7. The number of amides is 1. The molecule has 36 heavy (non-hydrogen) atoms. The van der Waals surface area contributed by atoms with Crippen molar-refractivity contribution in [2.24, 2.45) is 5.92 Å². The molecule has 1 aliphatic rings. The zero-order valence-electron chi connectivity index (χ0n) is 19.5. The van der Waals surface area contributed by atoms with Gasteiger partial charge in [-0.2, -0.15) is 0 Å². The van der Waals surface area contributed by atoms with Crippen molar-refractivity contribution in [1.29, 1.82) is 0 Å². The smallest absolute Gasteiger partial charge is 0.233 e. The Kier molecular flexibility index (Phi) is 6.53. The Morgan fingerprint density at radius 1 is 0.778 bits per heavy atom. The average molecular weight is 485 g/mol. The topological polar surface area (TPSA) is 66.6 Å². The maximum atomic E-state index is 13.5. The van der Waals surface area contributed by atoms with E-state index in [0.717, 1.165) is 16.7 Å². The standard InChI is InChI=1S/C30H26F2N2O2/c31-23-9-5-21(6-10-23)28(35)18-17-27-29(34(30(27)36)26-15-11-24(32)12-16-26)22-3-1-19(2-4-22)20-7-13-25(33)14-8-20/h1-16,27-29,35H,17-18,33H2/t27?,28-,29+/m0/s1. The predicted octanol–water partition coefficient (Wildman–Crippen LogP) is 6.43. The first-order valence-electron chi connectivity index (χ1n) is 11.9. The fraction of sp³-hybridized carbons (Fsp3) is 0.167. The minimum Gasteiger partial charge on any atom is -0.399 e. The molecule has 0 aromatic heterocycles. The molecule has 5 rings (SSSR count). The summed E-state index contributed by atoms with van der Waals surface area (Å²) in [6, 6.07) is 27.0. The first kappa shape index (κ1) is 23.7. The fourth-order valence-electron chi connectivity index (χ4n) is 4.84. The van der Waals surface area contributed by atoms with E-state index in [1.165, 1.54) is 24.3 Å². The maximum Gasteiger partial charge on any atom is 0.233 e. The molecular formula is C30H26F2N2O2. The lowest BCUT2D eigenvalue weighted by Crippen LogP contribution is -2.55. The Morgan fingerprint density at radius 3 is 1.89 bits per heavy atom. The summed E-state index contributed by atoms with van der Waals surface area (Å²) < 4.78 is 26.8. The van der Waals surface area contributed by atoms with Gasteiger partial charge in [0.05, 0.1) is 18.1 Å². The van der Waals surface area contributed by atoms with E-state index in [-0.39, 0.29) is 29.5 Å². The van der Waals surface area contributed by atoms with Gasteiger partial charge in [-0.05, 0) is 83.6 Å². The van der Waals surface area contributed by atoms with Crippen LogP contribution in [0.1, 0.15) is 36.1 Å². The molecule has 1 fully saturated rings. The van der Waals surface area contributed by atoms with Crippen LogP contribution in [0.2, 0.25) is 0 Å². The molecule has 0 saturated carbocycles. The van der Waals surface area contributed by atoms with Gasteiger partial charge in [0, 0.05) is 11.4 Å². The van der Waals surface area contributed by atoms with Crippen molar-refractivity contribution in [2.45, 2.75) is 25.0 Å². The SMILES string of the molecule is Nc1ccc(-c2ccc([C@@H]3C(CC[C@H](O)c4ccc(F)cc4)C(=O)N3c3ccc(F)cc3)cc2)cc1. The lowest BCUT2D eigenvalue weighted by molar-refractivity contribution is -0.131. The quantitative estimate of drug-likeness (QED) is 0.235. The number of carbonyl (C=O) groups is 1. The molecule has 182 valence electrons. The van der Waals surface area contributed by atoms with Gasteiger partial charge in [0.15, 0.2) is 0 Å². The van der Waals surface area contributed by atoms with Crippen molar-refractivity contribution in [3.05, 3.63) is 120 Å². The third-order valence-electron chi connectivity index (χ3n) is 6.82. The number of carbonyl (C=O) groups excluding carboxylic acids is 1. The maximum absolute atomic E-state index is 13.5. The molecule has 1 aliphatic heterocycles. The fourth-order valence-corrected chi connectivity index (χ4v) is 4.84. The molecule has 4 aromatic carbocycles. The number of aliphatic hydroxyl groups excluding tert-OH is 1. The Morgan fingerprint density at radius 2 is 1.31 bits per heavy atom. The van der Waals surface area contributed by atoms with Crippen LogP contribution in [0.25, 0.3) is 11.1 Å². The van der Waals surface area contributed by atoms with Crippen LogP contribution in [0.4, 0.5) is 20.2 Å². The Hall–Kier alpha value is -4.03. The molecule has 4 nitrogen and oxygen atoms in total. The normalized spacial score (nSPS) is 18.1. The number of nitrogens with two attached hydrogens (primary N) is 1. The minimum atomic E-state index is -0.799. The van der Waals surface area contributed by atoms with Crippen molar-refractivity contribution >= 4 is 17.3 Å². The van der Waals surface area contributed by atoms with Crippen LogP contribution in [-0.2, 0) is 4.79 Å². The summed E-state index contributed by atoms with van der Waals surface area (Å²) in [5, 5.41) is 10.6. The number of β-lactam (4-membered cyclic amide) rings is 1. The first-order chi connectivity index (χ1) is 17.4. The molecule has 1 amide bonds. The lowest BCUT2D eigenvalue weighted by Gasteiger charge is -2.48. The zero-order chi connectivity index (χ0) is 25.2. The third-order valence-corrected chi connectivity index (χ3v) is 6.82. The molecule has 3 atom stereocenters. The van der Waals surface area contributed by atoms with Gasteiger partial charge in [0.25, 0.3) is 0 Å². The largest absolute Gasteiger partial charge is 0.399 e. The Balaban J connectivity index is 1.39. The Labute approximate surface area is 208 Å². The summed E-state index contributed by atoms with van der Waals surface area (Å²) in [6.07, 6.45) is 0.0190. The van der Waals surface area contributed by atoms with Gasteiger partial charge in [0.1, 0.15) is 11.6 Å². The van der Waals surface area contributed by atoms with Crippen molar-refractivity contribution < 1.29 is 18.7 Å². The third kappa shape index (κ3) is 4.72. The summed E-state index contributed by atoms with van der Waals surface area (Å²) in [5.41, 5.74) is 10.8. The van der Waals surface area contributed by atoms with Crippen LogP contribution in [0.5, 0.6) is 0 Å². The molecule has 0 spiro atoms. The van der Waals surface area contributed by atoms with Gasteiger partial charge < -0.3 is 15.7 Å². The summed E-state index contributed by atoms with van der Waals surface area (Å²) in [7, 11) is 0. The molecule has 0 bridgehead atoms. The van der Waals surface area contributed by atoms with Crippen molar-refractivity contribution in [3.8, 4) is 11.1 Å². The number of anilines is 2. The molecule has 0 aliphatic carbocycles. The second-order valence-electron chi connectivity index (χ2n) is 9.12. The van der Waals surface area contributed by atoms with Gasteiger partial charge in [-0.3, -0.25) is 4.79 Å². The van der Waals surface area contributed by atoms with E-state index >= 15 is 0 Å². The highest BCUT2D eigenvalue weighted by molar-refractivity contribution is 6.03. The highest BCUT2D eigenvalue weighted by atomic mass is 19.1. The molecule has 1 unspecified atom stereocenters. The highest BCUT2D eigenvalue weighted by Gasteiger charge is 2.48. The molecule has 6 heteroatoms. The lowest BCUT2D eigenvalue weighted by atomic mass is 9.78. The summed E-state index contributed by atoms with van der Waals surface area (Å²) in [5.74, 6) is -1.14. The van der Waals surface area contributed by atoms with E-state index in [4.69, 9.17) is 5.73 Å². The molecule has 4 aromatic rings. The second-order valence-corrected chi connectivity index (χ2v) is 9.12. The number of nitrogen functional groups attached to an aromatic ring is 1. The summed E-state index contributed by atoms with van der Waals surface area (Å²) >= 11 is 0. The number of halogens is 2. The van der Waals surface area contributed by atoms with Gasteiger partial charge in [-0.15, -0.1) is 0 Å². The van der Waals surface area contributed by atoms with Crippen LogP contribution in [-0.4, -0.2) is 11.0 Å². The molecular weight excluding hydrogens is 458 g/mol. The van der Waals surface area contributed by atoms with E-state index in [1.54, 1.807) is 29.2 Å². The van der Waals surface area contributed by atoms with E-state index < -0.39 is 6.10 Å². The molecule has 0 radical (unpaired) electrons. The van der Waals surface area contributed by atoms with Gasteiger partial charge >= 0.3 is 0 Å². The van der Waals surface area contributed by atoms with Crippen LogP contribution in [0.15, 0.2) is 97.1 Å². The minimum absolute atomic E-state index is 0.0690. The van der Waals surface area contributed by atoms with Gasteiger partial charge in [0.2, 0.25) is 5.91 Å². The van der Waals surface area contributed by atoms with Crippen LogP contribution in [0, 0.1) is 17.6 Å². The number of benzene rings is 4. The van der Waals surface area contributed by atoms with Crippen LogP contribution in [0.3, 0.4) is 0 Å². The van der Waals surface area contributed by atoms with Crippen molar-refractivity contribution in [1.82, 2.24) is 0 Å². The Bertz CT molecular complexity index is 1340. The number of hydrogen-bond acceptors (Lipinski definition) is 3. The summed E-state index contributed by atoms with van der Waals surface area (Å²) in [4.78, 5) is 14.9. The van der Waals surface area contributed by atoms with Crippen LogP contribution >= 0.6 is 0 Å². The molecule has 1 saturated heterocycles. The number of hydrogen-bond donors (Lipinski definition) is 2. The van der Waals surface area contributed by atoms with E-state index in [1.807, 2.05) is 48.5 Å². The predicted molar refractivity (Wildman–Crippen MR) is 137 cm³/mol. The second kappa shape index (κ2) is 9.91. The van der Waals surface area contributed by atoms with Crippen LogP contribution < -0.4 is 10.6 Å². The van der Waals surface area contributed by atoms with Gasteiger partial charge in [-0.1, -0.05) is 48.5 Å². The monoisotopic (exact) mass is 484 g/mol. The first-order valence-corrected chi connectivity index (χ1v) is 11.9. The highest BCUT2D eigenvalue weighted by Crippen LogP contribution is 2.46. The number of nitrogens with zero attached hydrogens (tertiary/aromatic N) is 1. The molecule has 1 heterocycles. The van der Waals surface area contributed by atoms with E-state index in [9.17, 15) is 18.7 Å². The zero-order valence-corrected chi connectivity index (χ0v) is 19.5. The number of aliphatic hydroxyl groups is 1. The van der Waals surface area contributed by atoms with Gasteiger partial charge in [-0.25, -0.2) is 8.78 Å². The molecule has 3 N–H and O–H groups in total. The summed E-state index contributed by atoms with van der Waals surface area (Å²) in [6.45, 7) is 0.